The average molecular weight is 250 g/mol. The molecule has 0 radical (unpaired) electrons. The van der Waals surface area contributed by atoms with Crippen LogP contribution >= 0.6 is 0 Å². The van der Waals surface area contributed by atoms with Crippen LogP contribution in [0.4, 0.5) is 0 Å². The number of carbonyl (C=O) groups excluding carboxylic acids is 1. The molecule has 0 aliphatic heterocycles. The van der Waals surface area contributed by atoms with Crippen LogP contribution in [0.5, 0.6) is 0 Å². The Morgan fingerprint density at radius 1 is 1.33 bits per heavy atom. The van der Waals surface area contributed by atoms with Gasteiger partial charge in [0.25, 0.3) is 5.91 Å². The van der Waals surface area contributed by atoms with Gasteiger partial charge in [-0.25, -0.2) is 0 Å². The van der Waals surface area contributed by atoms with Crippen LogP contribution in [0, 0.1) is 5.92 Å². The quantitative estimate of drug-likeness (QED) is 0.795. The van der Waals surface area contributed by atoms with Gasteiger partial charge in [0.05, 0.1) is 0 Å². The molecule has 0 spiro atoms. The van der Waals surface area contributed by atoms with Gasteiger partial charge in [0, 0.05) is 25.3 Å². The lowest BCUT2D eigenvalue weighted by atomic mass is 10.1. The second-order valence-corrected chi connectivity index (χ2v) is 4.93. The fourth-order valence-corrected chi connectivity index (χ4v) is 1.56. The maximum Gasteiger partial charge on any atom is 0.251 e. The molecule has 1 amide bonds. The van der Waals surface area contributed by atoms with Gasteiger partial charge in [0.2, 0.25) is 0 Å². The number of aliphatic hydroxyl groups excluding tert-OH is 1. The lowest BCUT2D eigenvalue weighted by molar-refractivity contribution is 0.0942. The van der Waals surface area contributed by atoms with Crippen LogP contribution in [0.25, 0.3) is 0 Å². The molecule has 0 bridgehead atoms. The number of carbonyl (C=O) groups is 1. The smallest absolute Gasteiger partial charge is 0.251 e. The van der Waals surface area contributed by atoms with Crippen LogP contribution in [0.2, 0.25) is 0 Å². The van der Waals surface area contributed by atoms with Crippen LogP contribution < -0.4 is 5.32 Å². The van der Waals surface area contributed by atoms with E-state index in [1.165, 1.54) is 5.56 Å². The van der Waals surface area contributed by atoms with Gasteiger partial charge in [-0.1, -0.05) is 19.1 Å². The van der Waals surface area contributed by atoms with E-state index >= 15 is 0 Å². The SMILES string of the molecule is CC(CO)CNC(=O)c1ccc(CN(C)C)cc1. The molecule has 1 atom stereocenters. The van der Waals surface area contributed by atoms with E-state index in [0.717, 1.165) is 6.54 Å². The third kappa shape index (κ3) is 4.85. The Kier molecular flexibility index (Phi) is 5.82. The third-order valence-electron chi connectivity index (χ3n) is 2.64. The van der Waals surface area contributed by atoms with Crippen molar-refractivity contribution in [3.63, 3.8) is 0 Å². The molecule has 0 aliphatic rings. The van der Waals surface area contributed by atoms with Gasteiger partial charge in [-0.3, -0.25) is 4.79 Å². The first-order valence-electron chi connectivity index (χ1n) is 6.15. The number of hydrogen-bond donors (Lipinski definition) is 2. The van der Waals surface area contributed by atoms with Crippen molar-refractivity contribution in [1.29, 1.82) is 0 Å². The number of amides is 1. The molecule has 1 rings (SSSR count). The second kappa shape index (κ2) is 7.13. The van der Waals surface area contributed by atoms with Gasteiger partial charge in [-0.15, -0.1) is 0 Å². The van der Waals surface area contributed by atoms with E-state index < -0.39 is 0 Å². The Bertz CT molecular complexity index is 374. The number of nitrogens with zero attached hydrogens (tertiary/aromatic N) is 1. The molecule has 0 heterocycles. The maximum atomic E-state index is 11.8. The predicted molar refractivity (Wildman–Crippen MR) is 72.4 cm³/mol. The lowest BCUT2D eigenvalue weighted by Crippen LogP contribution is -2.29. The lowest BCUT2D eigenvalue weighted by Gasteiger charge is -2.11. The van der Waals surface area contributed by atoms with Crippen molar-refractivity contribution in [3.05, 3.63) is 35.4 Å². The first-order chi connectivity index (χ1) is 8.52. The molecule has 0 aliphatic carbocycles. The average Bonchev–Trinajstić information content (AvgIpc) is 2.35. The van der Waals surface area contributed by atoms with Crippen molar-refractivity contribution in [2.45, 2.75) is 13.5 Å². The highest BCUT2D eigenvalue weighted by Gasteiger charge is 2.07. The van der Waals surface area contributed by atoms with Crippen LogP contribution in [0.3, 0.4) is 0 Å². The van der Waals surface area contributed by atoms with Gasteiger partial charge in [0.15, 0.2) is 0 Å². The van der Waals surface area contributed by atoms with Crippen molar-refractivity contribution >= 4 is 5.91 Å². The topological polar surface area (TPSA) is 52.6 Å². The summed E-state index contributed by atoms with van der Waals surface area (Å²) >= 11 is 0. The van der Waals surface area contributed by atoms with E-state index in [1.807, 2.05) is 45.3 Å². The van der Waals surface area contributed by atoms with E-state index in [9.17, 15) is 4.79 Å². The summed E-state index contributed by atoms with van der Waals surface area (Å²) in [7, 11) is 4.02. The van der Waals surface area contributed by atoms with E-state index in [0.29, 0.717) is 12.1 Å². The Morgan fingerprint density at radius 2 is 1.94 bits per heavy atom. The second-order valence-electron chi connectivity index (χ2n) is 4.93. The zero-order valence-corrected chi connectivity index (χ0v) is 11.3. The Hall–Kier alpha value is -1.39. The minimum absolute atomic E-state index is 0.0852. The molecule has 100 valence electrons. The first-order valence-corrected chi connectivity index (χ1v) is 6.15. The van der Waals surface area contributed by atoms with Crippen molar-refractivity contribution in [3.8, 4) is 0 Å². The molecule has 4 nitrogen and oxygen atoms in total. The number of nitrogens with one attached hydrogen (secondary N) is 1. The van der Waals surface area contributed by atoms with Crippen LogP contribution in [0.1, 0.15) is 22.8 Å². The first kappa shape index (κ1) is 14.7. The molecule has 0 saturated carbocycles. The number of benzene rings is 1. The van der Waals surface area contributed by atoms with Gasteiger partial charge in [0.1, 0.15) is 0 Å². The molecule has 0 fully saturated rings. The molecule has 1 aromatic rings. The predicted octanol–water partition coefficient (Wildman–Crippen LogP) is 1.11. The summed E-state index contributed by atoms with van der Waals surface area (Å²) in [6, 6.07) is 7.59. The van der Waals surface area contributed by atoms with Gasteiger partial charge < -0.3 is 15.3 Å². The number of hydrogen-bond acceptors (Lipinski definition) is 3. The zero-order chi connectivity index (χ0) is 13.5. The molecule has 18 heavy (non-hydrogen) atoms. The van der Waals surface area contributed by atoms with E-state index in [4.69, 9.17) is 5.11 Å². The highest BCUT2D eigenvalue weighted by atomic mass is 16.3. The Labute approximate surface area is 109 Å². The van der Waals surface area contributed by atoms with Crippen molar-refractivity contribution < 1.29 is 9.90 Å². The molecular weight excluding hydrogens is 228 g/mol. The molecule has 2 N–H and O–H groups in total. The van der Waals surface area contributed by atoms with E-state index in [1.54, 1.807) is 0 Å². The van der Waals surface area contributed by atoms with E-state index in [-0.39, 0.29) is 18.4 Å². The molecular formula is C14H22N2O2. The van der Waals surface area contributed by atoms with Gasteiger partial charge >= 0.3 is 0 Å². The summed E-state index contributed by atoms with van der Waals surface area (Å²) in [4.78, 5) is 13.9. The fraction of sp³-hybridized carbons (Fsp3) is 0.500. The summed E-state index contributed by atoms with van der Waals surface area (Å²) in [6.45, 7) is 3.33. The molecule has 1 aromatic carbocycles. The van der Waals surface area contributed by atoms with Crippen molar-refractivity contribution in [1.82, 2.24) is 10.2 Å². The Balaban J connectivity index is 2.53. The van der Waals surface area contributed by atoms with Gasteiger partial charge in [-0.05, 0) is 37.7 Å². The molecule has 1 unspecified atom stereocenters. The molecule has 0 saturated heterocycles. The van der Waals surface area contributed by atoms with Crippen LogP contribution in [0.15, 0.2) is 24.3 Å². The van der Waals surface area contributed by atoms with Crippen molar-refractivity contribution in [2.75, 3.05) is 27.2 Å². The third-order valence-corrected chi connectivity index (χ3v) is 2.64. The Morgan fingerprint density at radius 3 is 2.44 bits per heavy atom. The normalized spacial score (nSPS) is 12.5. The monoisotopic (exact) mass is 250 g/mol. The zero-order valence-electron chi connectivity index (χ0n) is 11.3. The standard InChI is InChI=1S/C14H22N2O2/c1-11(10-17)8-15-14(18)13-6-4-12(5-7-13)9-16(2)3/h4-7,11,17H,8-10H2,1-3H3,(H,15,18). The minimum atomic E-state index is -0.0910. The largest absolute Gasteiger partial charge is 0.396 e. The summed E-state index contributed by atoms with van der Waals surface area (Å²) in [5, 5.41) is 11.7. The summed E-state index contributed by atoms with van der Waals surface area (Å²) < 4.78 is 0. The van der Waals surface area contributed by atoms with E-state index in [2.05, 4.69) is 10.2 Å². The minimum Gasteiger partial charge on any atom is -0.396 e. The summed E-state index contributed by atoms with van der Waals surface area (Å²) in [5.41, 5.74) is 1.84. The summed E-state index contributed by atoms with van der Waals surface area (Å²) in [6.07, 6.45) is 0. The fourth-order valence-electron chi connectivity index (χ4n) is 1.56. The highest BCUT2D eigenvalue weighted by molar-refractivity contribution is 5.94. The van der Waals surface area contributed by atoms with Crippen LogP contribution in [-0.4, -0.2) is 43.2 Å². The van der Waals surface area contributed by atoms with Gasteiger partial charge in [-0.2, -0.15) is 0 Å². The molecule has 0 aromatic heterocycles. The maximum absolute atomic E-state index is 11.8. The number of rotatable bonds is 6. The number of aliphatic hydroxyl groups is 1. The molecule has 4 heteroatoms. The van der Waals surface area contributed by atoms with Crippen molar-refractivity contribution in [2.24, 2.45) is 5.92 Å². The highest BCUT2D eigenvalue weighted by Crippen LogP contribution is 2.06. The summed E-state index contributed by atoms with van der Waals surface area (Å²) in [5.74, 6) is -0.00586. The van der Waals surface area contributed by atoms with Crippen LogP contribution in [-0.2, 0) is 6.54 Å².